The Morgan fingerprint density at radius 2 is 2.00 bits per heavy atom. The summed E-state index contributed by atoms with van der Waals surface area (Å²) in [5, 5.41) is 3.27. The molecule has 6 heteroatoms. The van der Waals surface area contributed by atoms with Crippen molar-refractivity contribution in [3.05, 3.63) is 63.4 Å². The number of carbonyl (C=O) groups excluding carboxylic acids is 1. The molecule has 0 saturated carbocycles. The molecule has 0 saturated heterocycles. The second-order valence-corrected chi connectivity index (χ2v) is 6.12. The van der Waals surface area contributed by atoms with E-state index in [-0.39, 0.29) is 22.2 Å². The van der Waals surface area contributed by atoms with E-state index in [1.165, 1.54) is 12.3 Å². The SMILES string of the molecule is CC(C)OCc1cccc(CNC(=O)c2cnc(Cl)c(Cl)c2)c1. The second-order valence-electron chi connectivity index (χ2n) is 5.36. The van der Waals surface area contributed by atoms with Gasteiger partial charge in [-0.05, 0) is 31.0 Å². The normalized spacial score (nSPS) is 10.8. The number of rotatable bonds is 6. The Hall–Kier alpha value is -1.62. The summed E-state index contributed by atoms with van der Waals surface area (Å²) < 4.78 is 5.58. The lowest BCUT2D eigenvalue weighted by atomic mass is 10.1. The number of amides is 1. The first-order valence-corrected chi connectivity index (χ1v) is 8.00. The number of nitrogens with zero attached hydrogens (tertiary/aromatic N) is 1. The van der Waals surface area contributed by atoms with Crippen LogP contribution in [-0.2, 0) is 17.9 Å². The molecule has 0 spiro atoms. The highest BCUT2D eigenvalue weighted by Crippen LogP contribution is 2.19. The quantitative estimate of drug-likeness (QED) is 0.790. The summed E-state index contributed by atoms with van der Waals surface area (Å²) in [6, 6.07) is 9.40. The fraction of sp³-hybridized carbons (Fsp3) is 0.294. The van der Waals surface area contributed by atoms with Crippen molar-refractivity contribution >= 4 is 29.1 Å². The number of halogens is 2. The summed E-state index contributed by atoms with van der Waals surface area (Å²) in [7, 11) is 0. The molecule has 1 aromatic carbocycles. The summed E-state index contributed by atoms with van der Waals surface area (Å²) >= 11 is 11.6. The van der Waals surface area contributed by atoms with Crippen LogP contribution in [0.3, 0.4) is 0 Å². The van der Waals surface area contributed by atoms with E-state index in [9.17, 15) is 4.79 Å². The van der Waals surface area contributed by atoms with Gasteiger partial charge in [0.15, 0.2) is 0 Å². The van der Waals surface area contributed by atoms with Crippen molar-refractivity contribution in [1.29, 1.82) is 0 Å². The molecule has 0 aliphatic heterocycles. The lowest BCUT2D eigenvalue weighted by Crippen LogP contribution is -2.23. The summed E-state index contributed by atoms with van der Waals surface area (Å²) in [5.41, 5.74) is 2.44. The Morgan fingerprint density at radius 1 is 1.26 bits per heavy atom. The lowest BCUT2D eigenvalue weighted by molar-refractivity contribution is 0.0657. The number of aromatic nitrogens is 1. The second kappa shape index (κ2) is 8.29. The Bertz CT molecular complexity index is 690. The fourth-order valence-electron chi connectivity index (χ4n) is 1.92. The zero-order valence-corrected chi connectivity index (χ0v) is 14.5. The Kier molecular flexibility index (Phi) is 6.39. The van der Waals surface area contributed by atoms with Crippen molar-refractivity contribution in [3.63, 3.8) is 0 Å². The van der Waals surface area contributed by atoms with Gasteiger partial charge in [0.05, 0.1) is 23.3 Å². The van der Waals surface area contributed by atoms with Crippen LogP contribution in [-0.4, -0.2) is 17.0 Å². The van der Waals surface area contributed by atoms with Crippen molar-refractivity contribution < 1.29 is 9.53 Å². The predicted molar refractivity (Wildman–Crippen MR) is 91.8 cm³/mol. The van der Waals surface area contributed by atoms with Crippen LogP contribution in [0.4, 0.5) is 0 Å². The fourth-order valence-corrected chi connectivity index (χ4v) is 2.19. The molecular weight excluding hydrogens is 335 g/mol. The van der Waals surface area contributed by atoms with Crippen LogP contribution in [0.1, 0.15) is 35.3 Å². The van der Waals surface area contributed by atoms with Crippen LogP contribution in [0.25, 0.3) is 0 Å². The van der Waals surface area contributed by atoms with Crippen molar-refractivity contribution in [1.82, 2.24) is 10.3 Å². The third-order valence-electron chi connectivity index (χ3n) is 3.09. The van der Waals surface area contributed by atoms with Gasteiger partial charge in [0, 0.05) is 12.7 Å². The first-order valence-electron chi connectivity index (χ1n) is 7.24. The van der Waals surface area contributed by atoms with Gasteiger partial charge >= 0.3 is 0 Å². The molecule has 0 unspecified atom stereocenters. The van der Waals surface area contributed by atoms with E-state index in [1.807, 2.05) is 38.1 Å². The van der Waals surface area contributed by atoms with E-state index >= 15 is 0 Å². The molecule has 0 fully saturated rings. The molecule has 2 aromatic rings. The maximum absolute atomic E-state index is 12.1. The van der Waals surface area contributed by atoms with E-state index in [0.29, 0.717) is 18.7 Å². The molecule has 1 amide bonds. The molecule has 2 rings (SSSR count). The van der Waals surface area contributed by atoms with Gasteiger partial charge in [0.1, 0.15) is 5.15 Å². The summed E-state index contributed by atoms with van der Waals surface area (Å²) in [6.07, 6.45) is 1.58. The summed E-state index contributed by atoms with van der Waals surface area (Å²) in [6.45, 7) is 4.95. The predicted octanol–water partition coefficient (Wildman–Crippen LogP) is 4.24. The average Bonchev–Trinajstić information content (AvgIpc) is 2.53. The number of benzene rings is 1. The van der Waals surface area contributed by atoms with Gasteiger partial charge in [0.25, 0.3) is 5.91 Å². The maximum Gasteiger partial charge on any atom is 0.253 e. The van der Waals surface area contributed by atoms with E-state index < -0.39 is 0 Å². The van der Waals surface area contributed by atoms with Gasteiger partial charge in [-0.1, -0.05) is 47.5 Å². The van der Waals surface area contributed by atoms with Crippen LogP contribution in [0.15, 0.2) is 36.5 Å². The molecule has 0 bridgehead atoms. The molecule has 0 radical (unpaired) electrons. The Morgan fingerprint density at radius 3 is 2.70 bits per heavy atom. The molecular formula is C17H18Cl2N2O2. The van der Waals surface area contributed by atoms with Gasteiger partial charge in [-0.2, -0.15) is 0 Å². The van der Waals surface area contributed by atoms with Crippen molar-refractivity contribution in [2.24, 2.45) is 0 Å². The van der Waals surface area contributed by atoms with Gasteiger partial charge in [0.2, 0.25) is 0 Å². The van der Waals surface area contributed by atoms with E-state index in [1.54, 1.807) is 0 Å². The summed E-state index contributed by atoms with van der Waals surface area (Å²) in [5.74, 6) is -0.250. The van der Waals surface area contributed by atoms with Crippen LogP contribution < -0.4 is 5.32 Å². The number of pyridine rings is 1. The smallest absolute Gasteiger partial charge is 0.253 e. The van der Waals surface area contributed by atoms with E-state index in [4.69, 9.17) is 27.9 Å². The van der Waals surface area contributed by atoms with Gasteiger partial charge in [-0.25, -0.2) is 4.98 Å². The van der Waals surface area contributed by atoms with E-state index in [0.717, 1.165) is 11.1 Å². The van der Waals surface area contributed by atoms with Crippen molar-refractivity contribution in [2.75, 3.05) is 0 Å². The zero-order chi connectivity index (χ0) is 16.8. The molecule has 0 aliphatic rings. The largest absolute Gasteiger partial charge is 0.374 e. The molecule has 122 valence electrons. The van der Waals surface area contributed by atoms with Gasteiger partial charge < -0.3 is 10.1 Å². The maximum atomic E-state index is 12.1. The first-order chi connectivity index (χ1) is 11.0. The van der Waals surface area contributed by atoms with Crippen LogP contribution in [0, 0.1) is 0 Å². The highest BCUT2D eigenvalue weighted by molar-refractivity contribution is 6.41. The number of carbonyl (C=O) groups is 1. The van der Waals surface area contributed by atoms with Gasteiger partial charge in [-0.3, -0.25) is 4.79 Å². The third kappa shape index (κ3) is 5.50. The Labute approximate surface area is 145 Å². The molecule has 1 N–H and O–H groups in total. The summed E-state index contributed by atoms with van der Waals surface area (Å²) in [4.78, 5) is 16.0. The minimum Gasteiger partial charge on any atom is -0.374 e. The molecule has 0 aliphatic carbocycles. The van der Waals surface area contributed by atoms with Crippen molar-refractivity contribution in [2.45, 2.75) is 33.1 Å². The molecule has 23 heavy (non-hydrogen) atoms. The highest BCUT2D eigenvalue weighted by atomic mass is 35.5. The van der Waals surface area contributed by atoms with Crippen molar-refractivity contribution in [3.8, 4) is 0 Å². The molecule has 1 heterocycles. The van der Waals surface area contributed by atoms with Crippen LogP contribution in [0.2, 0.25) is 10.2 Å². The number of hydrogen-bond acceptors (Lipinski definition) is 3. The molecule has 0 atom stereocenters. The first kappa shape index (κ1) is 17.7. The van der Waals surface area contributed by atoms with Crippen LogP contribution in [0.5, 0.6) is 0 Å². The van der Waals surface area contributed by atoms with E-state index in [2.05, 4.69) is 10.3 Å². The minimum absolute atomic E-state index is 0.181. The standard InChI is InChI=1S/C17H18Cl2N2O2/c1-11(2)23-10-13-5-3-4-12(6-13)8-21-17(22)14-7-15(18)16(19)20-9-14/h3-7,9,11H,8,10H2,1-2H3,(H,21,22). The number of nitrogens with one attached hydrogen (secondary N) is 1. The number of hydrogen-bond donors (Lipinski definition) is 1. The lowest BCUT2D eigenvalue weighted by Gasteiger charge is -2.10. The average molecular weight is 353 g/mol. The number of ether oxygens (including phenoxy) is 1. The van der Waals surface area contributed by atoms with Gasteiger partial charge in [-0.15, -0.1) is 0 Å². The third-order valence-corrected chi connectivity index (χ3v) is 3.77. The molecule has 1 aromatic heterocycles. The van der Waals surface area contributed by atoms with Crippen LogP contribution >= 0.6 is 23.2 Å². The highest BCUT2D eigenvalue weighted by Gasteiger charge is 2.09. The monoisotopic (exact) mass is 352 g/mol. The Balaban J connectivity index is 1.95. The zero-order valence-electron chi connectivity index (χ0n) is 13.0. The topological polar surface area (TPSA) is 51.2 Å². The minimum atomic E-state index is -0.250. The molecule has 4 nitrogen and oxygen atoms in total.